The molecule has 5 nitrogen and oxygen atoms in total. The minimum atomic E-state index is 0.647. The van der Waals surface area contributed by atoms with Crippen LogP contribution in [0.5, 0.6) is 0 Å². The van der Waals surface area contributed by atoms with Crippen molar-refractivity contribution in [2.75, 3.05) is 0 Å². The number of pyridine rings is 3. The summed E-state index contributed by atoms with van der Waals surface area (Å²) in [5.41, 5.74) is 9.78. The normalized spacial score (nSPS) is 11.2. The summed E-state index contributed by atoms with van der Waals surface area (Å²) >= 11 is 0. The fourth-order valence-corrected chi connectivity index (χ4v) is 5.73. The SMILES string of the molecule is c1ccc(-c2cc(-c3cccc(-c4cc(-c5ccncc5)nc(-c5ccncc5)n4)c3)c3c(ccc4ccccc43)n2)cc1. The molecule has 0 unspecified atom stereocenters. The molecule has 0 amide bonds. The molecule has 44 heavy (non-hydrogen) atoms. The van der Waals surface area contributed by atoms with Gasteiger partial charge in [0.05, 0.1) is 22.6 Å². The van der Waals surface area contributed by atoms with Crippen molar-refractivity contribution in [1.29, 1.82) is 0 Å². The van der Waals surface area contributed by atoms with Gasteiger partial charge in [0, 0.05) is 52.4 Å². The van der Waals surface area contributed by atoms with E-state index in [9.17, 15) is 0 Å². The lowest BCUT2D eigenvalue weighted by Gasteiger charge is -2.14. The second-order valence-electron chi connectivity index (χ2n) is 10.6. The van der Waals surface area contributed by atoms with Gasteiger partial charge in [-0.15, -0.1) is 0 Å². The lowest BCUT2D eigenvalue weighted by atomic mass is 9.93. The molecule has 0 radical (unpaired) electrons. The Bertz CT molecular complexity index is 2210. The van der Waals surface area contributed by atoms with E-state index in [1.54, 1.807) is 24.8 Å². The molecule has 0 atom stereocenters. The fraction of sp³-hybridized carbons (Fsp3) is 0. The Labute approximate surface area is 254 Å². The van der Waals surface area contributed by atoms with Gasteiger partial charge in [0.25, 0.3) is 0 Å². The summed E-state index contributed by atoms with van der Waals surface area (Å²) in [4.78, 5) is 23.5. The van der Waals surface area contributed by atoms with Crippen LogP contribution in [0.15, 0.2) is 152 Å². The molecule has 5 heteroatoms. The summed E-state index contributed by atoms with van der Waals surface area (Å²) in [6, 6.07) is 43.8. The van der Waals surface area contributed by atoms with Gasteiger partial charge in [-0.05, 0) is 70.4 Å². The van der Waals surface area contributed by atoms with E-state index in [0.29, 0.717) is 5.82 Å². The third-order valence-electron chi connectivity index (χ3n) is 7.88. The molecule has 4 heterocycles. The quantitative estimate of drug-likeness (QED) is 0.195. The summed E-state index contributed by atoms with van der Waals surface area (Å²) in [6.07, 6.45) is 7.10. The van der Waals surface area contributed by atoms with Crippen molar-refractivity contribution in [1.82, 2.24) is 24.9 Å². The van der Waals surface area contributed by atoms with Crippen LogP contribution in [0.3, 0.4) is 0 Å². The van der Waals surface area contributed by atoms with E-state index in [2.05, 4.69) is 107 Å². The van der Waals surface area contributed by atoms with E-state index in [1.807, 2.05) is 30.3 Å². The first-order valence-corrected chi connectivity index (χ1v) is 14.5. The monoisotopic (exact) mass is 563 g/mol. The van der Waals surface area contributed by atoms with E-state index in [-0.39, 0.29) is 0 Å². The molecule has 0 aliphatic carbocycles. The van der Waals surface area contributed by atoms with E-state index >= 15 is 0 Å². The Morgan fingerprint density at radius 3 is 1.80 bits per heavy atom. The number of aromatic nitrogens is 5. The van der Waals surface area contributed by atoms with Crippen LogP contribution in [0.25, 0.3) is 78.0 Å². The first-order chi connectivity index (χ1) is 21.8. The van der Waals surface area contributed by atoms with Crippen molar-refractivity contribution in [3.63, 3.8) is 0 Å². The number of hydrogen-bond acceptors (Lipinski definition) is 5. The van der Waals surface area contributed by atoms with Crippen molar-refractivity contribution in [2.45, 2.75) is 0 Å². The van der Waals surface area contributed by atoms with E-state index in [0.717, 1.165) is 61.4 Å². The van der Waals surface area contributed by atoms with Gasteiger partial charge in [-0.3, -0.25) is 9.97 Å². The summed E-state index contributed by atoms with van der Waals surface area (Å²) in [6.45, 7) is 0. The minimum Gasteiger partial charge on any atom is -0.265 e. The summed E-state index contributed by atoms with van der Waals surface area (Å²) in [5.74, 6) is 0.647. The zero-order valence-corrected chi connectivity index (χ0v) is 23.7. The highest BCUT2D eigenvalue weighted by molar-refractivity contribution is 6.14. The summed E-state index contributed by atoms with van der Waals surface area (Å²) in [5, 5.41) is 3.50. The van der Waals surface area contributed by atoms with Crippen LogP contribution in [0.2, 0.25) is 0 Å². The highest BCUT2D eigenvalue weighted by atomic mass is 14.9. The first-order valence-electron chi connectivity index (χ1n) is 14.5. The smallest absolute Gasteiger partial charge is 0.160 e. The number of fused-ring (bicyclic) bond motifs is 3. The van der Waals surface area contributed by atoms with Crippen molar-refractivity contribution in [3.05, 3.63) is 152 Å². The number of benzene rings is 4. The van der Waals surface area contributed by atoms with Gasteiger partial charge in [0.15, 0.2) is 5.82 Å². The van der Waals surface area contributed by atoms with E-state index in [1.165, 1.54) is 10.8 Å². The first kappa shape index (κ1) is 25.6. The van der Waals surface area contributed by atoms with Crippen LogP contribution in [0.1, 0.15) is 0 Å². The molecule has 0 saturated heterocycles. The zero-order valence-electron chi connectivity index (χ0n) is 23.7. The minimum absolute atomic E-state index is 0.647. The Balaban J connectivity index is 1.35. The van der Waals surface area contributed by atoms with Crippen LogP contribution in [0.4, 0.5) is 0 Å². The largest absolute Gasteiger partial charge is 0.265 e. The van der Waals surface area contributed by atoms with Crippen molar-refractivity contribution in [2.24, 2.45) is 0 Å². The maximum Gasteiger partial charge on any atom is 0.160 e. The van der Waals surface area contributed by atoms with Crippen molar-refractivity contribution in [3.8, 4) is 56.3 Å². The lowest BCUT2D eigenvalue weighted by molar-refractivity contribution is 1.17. The highest BCUT2D eigenvalue weighted by Gasteiger charge is 2.15. The fourth-order valence-electron chi connectivity index (χ4n) is 5.73. The lowest BCUT2D eigenvalue weighted by Crippen LogP contribution is -1.96. The molecule has 0 fully saturated rings. The van der Waals surface area contributed by atoms with Crippen LogP contribution in [-0.4, -0.2) is 24.9 Å². The topological polar surface area (TPSA) is 64.5 Å². The molecule has 0 saturated carbocycles. The van der Waals surface area contributed by atoms with Crippen molar-refractivity contribution >= 4 is 21.7 Å². The molecule has 8 aromatic rings. The summed E-state index contributed by atoms with van der Waals surface area (Å²) < 4.78 is 0. The molecular formula is C39H25N5. The van der Waals surface area contributed by atoms with Gasteiger partial charge >= 0.3 is 0 Å². The third-order valence-corrected chi connectivity index (χ3v) is 7.88. The van der Waals surface area contributed by atoms with Gasteiger partial charge in [-0.2, -0.15) is 0 Å². The zero-order chi connectivity index (χ0) is 29.3. The van der Waals surface area contributed by atoms with Gasteiger partial charge in [0.2, 0.25) is 0 Å². The molecule has 0 aliphatic heterocycles. The second kappa shape index (κ2) is 11.0. The van der Waals surface area contributed by atoms with Crippen molar-refractivity contribution < 1.29 is 0 Å². The molecule has 0 spiro atoms. The summed E-state index contributed by atoms with van der Waals surface area (Å²) in [7, 11) is 0. The maximum atomic E-state index is 5.12. The van der Waals surface area contributed by atoms with Gasteiger partial charge < -0.3 is 0 Å². The van der Waals surface area contributed by atoms with E-state index < -0.39 is 0 Å². The second-order valence-corrected chi connectivity index (χ2v) is 10.6. The van der Waals surface area contributed by atoms with Gasteiger partial charge in [-0.25, -0.2) is 15.0 Å². The molecule has 0 N–H and O–H groups in total. The molecule has 0 aliphatic rings. The van der Waals surface area contributed by atoms with E-state index in [4.69, 9.17) is 15.0 Å². The van der Waals surface area contributed by atoms with Crippen LogP contribution < -0.4 is 0 Å². The molecule has 0 bridgehead atoms. The molecule has 4 aromatic heterocycles. The average Bonchev–Trinajstić information content (AvgIpc) is 3.12. The van der Waals surface area contributed by atoms with Crippen LogP contribution in [-0.2, 0) is 0 Å². The third kappa shape index (κ3) is 4.76. The van der Waals surface area contributed by atoms with Crippen LogP contribution >= 0.6 is 0 Å². The molecule has 4 aromatic carbocycles. The number of nitrogens with zero attached hydrogens (tertiary/aromatic N) is 5. The Hall–Kier alpha value is -6.07. The molecule has 206 valence electrons. The Morgan fingerprint density at radius 1 is 0.386 bits per heavy atom. The van der Waals surface area contributed by atoms with Gasteiger partial charge in [-0.1, -0.05) is 78.9 Å². The van der Waals surface area contributed by atoms with Crippen LogP contribution in [0, 0.1) is 0 Å². The number of hydrogen-bond donors (Lipinski definition) is 0. The molecular weight excluding hydrogens is 538 g/mol. The highest BCUT2D eigenvalue weighted by Crippen LogP contribution is 2.38. The predicted octanol–water partition coefficient (Wildman–Crippen LogP) is 9.30. The maximum absolute atomic E-state index is 5.12. The standard InChI is InChI=1S/C39H25N5/c1-2-8-27(9-3-1)35-24-33(38-32-12-5-4-7-26(32)13-14-34(38)42-35)30-10-6-11-31(23-30)37-25-36(28-15-19-40-20-16-28)43-39(44-37)29-17-21-41-22-18-29/h1-25H. The Kier molecular flexibility index (Phi) is 6.39. The average molecular weight is 564 g/mol. The predicted molar refractivity (Wildman–Crippen MR) is 178 cm³/mol. The van der Waals surface area contributed by atoms with Gasteiger partial charge in [0.1, 0.15) is 0 Å². The molecule has 8 rings (SSSR count). The Morgan fingerprint density at radius 2 is 1.00 bits per heavy atom. The number of rotatable bonds is 5.